The average molecular weight is 447 g/mol. The van der Waals surface area contributed by atoms with Gasteiger partial charge in [0.05, 0.1) is 4.88 Å². The van der Waals surface area contributed by atoms with Gasteiger partial charge in [0.2, 0.25) is 11.5 Å². The van der Waals surface area contributed by atoms with Crippen molar-refractivity contribution >= 4 is 34.8 Å². The van der Waals surface area contributed by atoms with Gasteiger partial charge < -0.3 is 5.32 Å². The van der Waals surface area contributed by atoms with Gasteiger partial charge in [-0.2, -0.15) is 0 Å². The SMILES string of the molecule is CC(=O)OOc1ccc(C(=O)CCC(=O)c2cc3c(s2)CCNC3)cc1OOC(C)=O. The molecular formula is C21H21NO8S. The number of thiophene rings is 1. The van der Waals surface area contributed by atoms with Gasteiger partial charge in [-0.25, -0.2) is 9.59 Å². The Morgan fingerprint density at radius 1 is 0.935 bits per heavy atom. The molecule has 0 radical (unpaired) electrons. The Bertz CT molecular complexity index is 989. The molecule has 2 heterocycles. The van der Waals surface area contributed by atoms with Gasteiger partial charge in [-0.15, -0.1) is 11.3 Å². The molecule has 1 aromatic carbocycles. The molecule has 0 saturated heterocycles. The topological polar surface area (TPSA) is 117 Å². The van der Waals surface area contributed by atoms with Gasteiger partial charge in [0.1, 0.15) is 0 Å². The zero-order valence-corrected chi connectivity index (χ0v) is 17.8. The predicted octanol–water partition coefficient (Wildman–Crippen LogP) is 2.95. The number of hydrogen-bond donors (Lipinski definition) is 1. The first kappa shape index (κ1) is 22.4. The summed E-state index contributed by atoms with van der Waals surface area (Å²) in [6.07, 6.45) is 0.966. The van der Waals surface area contributed by atoms with E-state index in [4.69, 9.17) is 9.78 Å². The largest absolute Gasteiger partial charge is 0.352 e. The summed E-state index contributed by atoms with van der Waals surface area (Å²) in [5.74, 6) is -2.02. The van der Waals surface area contributed by atoms with E-state index in [1.807, 2.05) is 6.07 Å². The standard InChI is InChI=1S/C21H21NO8S/c1-12(23)27-29-18-6-3-14(9-19(18)30-28-13(2)24)16(25)4-5-17(26)21-10-15-11-22-8-7-20(15)31-21/h3,6,9-10,22H,4-5,7-8,11H2,1-2H3. The number of hydrogen-bond acceptors (Lipinski definition) is 10. The Labute approximate surface area is 182 Å². The van der Waals surface area contributed by atoms with Crippen LogP contribution in [0.25, 0.3) is 0 Å². The van der Waals surface area contributed by atoms with Crippen molar-refractivity contribution in [2.75, 3.05) is 6.54 Å². The van der Waals surface area contributed by atoms with Crippen LogP contribution in [0.2, 0.25) is 0 Å². The van der Waals surface area contributed by atoms with Crippen molar-refractivity contribution in [3.8, 4) is 11.5 Å². The highest BCUT2D eigenvalue weighted by molar-refractivity contribution is 7.14. The predicted molar refractivity (Wildman–Crippen MR) is 109 cm³/mol. The number of fused-ring (bicyclic) bond motifs is 1. The summed E-state index contributed by atoms with van der Waals surface area (Å²) in [5, 5.41) is 3.27. The summed E-state index contributed by atoms with van der Waals surface area (Å²) < 4.78 is 0. The molecular weight excluding hydrogens is 426 g/mol. The molecule has 1 aliphatic rings. The van der Waals surface area contributed by atoms with E-state index in [-0.39, 0.29) is 41.5 Å². The first-order valence-corrected chi connectivity index (χ1v) is 10.4. The minimum absolute atomic E-state index is 0.00317. The fourth-order valence-electron chi connectivity index (χ4n) is 2.91. The number of ketones is 2. The molecule has 1 N–H and O–H groups in total. The highest BCUT2D eigenvalue weighted by atomic mass is 32.1. The summed E-state index contributed by atoms with van der Waals surface area (Å²) in [4.78, 5) is 67.6. The van der Waals surface area contributed by atoms with Crippen LogP contribution in [0.5, 0.6) is 11.5 Å². The van der Waals surface area contributed by atoms with Crippen molar-refractivity contribution in [1.29, 1.82) is 0 Å². The molecule has 0 spiro atoms. The molecule has 164 valence electrons. The summed E-state index contributed by atoms with van der Waals surface area (Å²) >= 11 is 1.49. The van der Waals surface area contributed by atoms with E-state index in [2.05, 4.69) is 15.1 Å². The minimum Gasteiger partial charge on any atom is -0.312 e. The van der Waals surface area contributed by atoms with E-state index in [0.717, 1.165) is 38.9 Å². The van der Waals surface area contributed by atoms with Crippen LogP contribution in [0.3, 0.4) is 0 Å². The smallest absolute Gasteiger partial charge is 0.312 e. The monoisotopic (exact) mass is 447 g/mol. The highest BCUT2D eigenvalue weighted by Crippen LogP contribution is 2.30. The van der Waals surface area contributed by atoms with Gasteiger partial charge in [0, 0.05) is 56.3 Å². The molecule has 0 aliphatic carbocycles. The lowest BCUT2D eigenvalue weighted by Crippen LogP contribution is -2.21. The molecule has 9 nitrogen and oxygen atoms in total. The third-order valence-corrected chi connectivity index (χ3v) is 5.64. The van der Waals surface area contributed by atoms with Crippen molar-refractivity contribution < 1.29 is 38.7 Å². The molecule has 0 bridgehead atoms. The van der Waals surface area contributed by atoms with Crippen LogP contribution in [-0.4, -0.2) is 30.0 Å². The third-order valence-electron chi connectivity index (χ3n) is 4.36. The number of benzene rings is 1. The number of Topliss-reactive ketones (excluding diaryl/α,β-unsaturated/α-hetero) is 2. The van der Waals surface area contributed by atoms with Crippen LogP contribution in [0.15, 0.2) is 24.3 Å². The van der Waals surface area contributed by atoms with E-state index < -0.39 is 11.9 Å². The maximum absolute atomic E-state index is 12.6. The first-order valence-electron chi connectivity index (χ1n) is 9.56. The summed E-state index contributed by atoms with van der Waals surface area (Å²) in [5.41, 5.74) is 1.36. The highest BCUT2D eigenvalue weighted by Gasteiger charge is 2.20. The fraction of sp³-hybridized carbons (Fsp3) is 0.333. The van der Waals surface area contributed by atoms with Gasteiger partial charge in [-0.05, 0) is 30.2 Å². The third kappa shape index (κ3) is 6.12. The molecule has 0 fully saturated rings. The lowest BCUT2D eigenvalue weighted by molar-refractivity contribution is -0.223. The molecule has 0 atom stereocenters. The Balaban J connectivity index is 1.66. The van der Waals surface area contributed by atoms with E-state index in [1.165, 1.54) is 34.4 Å². The quantitative estimate of drug-likeness (QED) is 0.352. The second kappa shape index (κ2) is 10.2. The van der Waals surface area contributed by atoms with Gasteiger partial charge >= 0.3 is 11.9 Å². The molecule has 2 aromatic rings. The van der Waals surface area contributed by atoms with E-state index in [0.29, 0.717) is 4.88 Å². The molecule has 1 aromatic heterocycles. The Kier molecular flexibility index (Phi) is 7.37. The lowest BCUT2D eigenvalue weighted by atomic mass is 10.0. The number of carbonyl (C=O) groups excluding carboxylic acids is 4. The number of rotatable bonds is 9. The van der Waals surface area contributed by atoms with Crippen molar-refractivity contribution in [3.63, 3.8) is 0 Å². The van der Waals surface area contributed by atoms with Crippen molar-refractivity contribution in [1.82, 2.24) is 5.32 Å². The van der Waals surface area contributed by atoms with Crippen molar-refractivity contribution in [2.45, 2.75) is 39.7 Å². The molecule has 0 saturated carbocycles. The zero-order valence-electron chi connectivity index (χ0n) is 17.0. The van der Waals surface area contributed by atoms with Crippen LogP contribution in [0.4, 0.5) is 0 Å². The van der Waals surface area contributed by atoms with Crippen molar-refractivity contribution in [2.24, 2.45) is 0 Å². The minimum atomic E-state index is -0.727. The fourth-order valence-corrected chi connectivity index (χ4v) is 4.06. The second-order valence-corrected chi connectivity index (χ2v) is 7.95. The molecule has 0 amide bonds. The first-order chi connectivity index (χ1) is 14.8. The molecule has 31 heavy (non-hydrogen) atoms. The van der Waals surface area contributed by atoms with Gasteiger partial charge in [0.15, 0.2) is 11.6 Å². The maximum Gasteiger partial charge on any atom is 0.352 e. The Morgan fingerprint density at radius 3 is 2.29 bits per heavy atom. The molecule has 3 rings (SSSR count). The van der Waals surface area contributed by atoms with Crippen LogP contribution in [0, 0.1) is 0 Å². The summed E-state index contributed by atoms with van der Waals surface area (Å²) in [7, 11) is 0. The Hall–Kier alpha value is -3.24. The van der Waals surface area contributed by atoms with E-state index in [9.17, 15) is 19.2 Å². The van der Waals surface area contributed by atoms with Crippen LogP contribution in [-0.2, 0) is 32.3 Å². The lowest BCUT2D eigenvalue weighted by Gasteiger charge is -2.10. The summed E-state index contributed by atoms with van der Waals surface area (Å²) in [6.45, 7) is 3.92. The second-order valence-electron chi connectivity index (χ2n) is 6.81. The molecule has 0 unspecified atom stereocenters. The van der Waals surface area contributed by atoms with Crippen LogP contribution in [0.1, 0.15) is 57.2 Å². The Morgan fingerprint density at radius 2 is 1.61 bits per heavy atom. The van der Waals surface area contributed by atoms with Gasteiger partial charge in [0.25, 0.3) is 0 Å². The maximum atomic E-state index is 12.6. The van der Waals surface area contributed by atoms with Crippen LogP contribution < -0.4 is 15.1 Å². The van der Waals surface area contributed by atoms with E-state index in [1.54, 1.807) is 0 Å². The normalized spacial score (nSPS) is 12.5. The molecule has 1 aliphatic heterocycles. The van der Waals surface area contributed by atoms with Gasteiger partial charge in [-0.3, -0.25) is 29.1 Å². The van der Waals surface area contributed by atoms with Gasteiger partial charge in [-0.1, -0.05) is 0 Å². The molecule has 10 heteroatoms. The van der Waals surface area contributed by atoms with E-state index >= 15 is 0 Å². The van der Waals surface area contributed by atoms with Crippen LogP contribution >= 0.6 is 11.3 Å². The number of carbonyl (C=O) groups is 4. The summed E-state index contributed by atoms with van der Waals surface area (Å²) in [6, 6.07) is 5.94. The number of nitrogens with one attached hydrogen (secondary N) is 1. The zero-order chi connectivity index (χ0) is 22.4. The average Bonchev–Trinajstić information content (AvgIpc) is 3.19. The van der Waals surface area contributed by atoms with Crippen molar-refractivity contribution in [3.05, 3.63) is 45.1 Å².